The van der Waals surface area contributed by atoms with Crippen molar-refractivity contribution in [3.05, 3.63) is 23.8 Å². The van der Waals surface area contributed by atoms with Gasteiger partial charge in [0.25, 0.3) is 0 Å². The van der Waals surface area contributed by atoms with Gasteiger partial charge in [-0.15, -0.1) is 11.6 Å². The second-order valence-corrected chi connectivity index (χ2v) is 4.37. The molecule has 4 heteroatoms. The Morgan fingerprint density at radius 2 is 2.27 bits per heavy atom. The number of rotatable bonds is 1. The molecule has 1 aromatic carbocycles. The molecular formula is C11H12ClNO2. The number of aromatic hydroxyl groups is 1. The lowest BCUT2D eigenvalue weighted by Gasteiger charge is -2.19. The first-order valence-electron chi connectivity index (χ1n) is 4.82. The predicted molar refractivity (Wildman–Crippen MR) is 59.5 cm³/mol. The summed E-state index contributed by atoms with van der Waals surface area (Å²) in [4.78, 5) is 13.2. The molecule has 0 aromatic heterocycles. The molecule has 0 spiro atoms. The summed E-state index contributed by atoms with van der Waals surface area (Å²) in [7, 11) is 0. The maximum absolute atomic E-state index is 11.6. The first kappa shape index (κ1) is 10.3. The summed E-state index contributed by atoms with van der Waals surface area (Å²) in [5.41, 5.74) is 1.47. The van der Waals surface area contributed by atoms with E-state index < -0.39 is 0 Å². The van der Waals surface area contributed by atoms with Gasteiger partial charge >= 0.3 is 0 Å². The molecule has 1 saturated heterocycles. The van der Waals surface area contributed by atoms with E-state index in [-0.39, 0.29) is 17.0 Å². The van der Waals surface area contributed by atoms with Crippen molar-refractivity contribution in [3.8, 4) is 5.75 Å². The fourth-order valence-electron chi connectivity index (χ4n) is 1.87. The first-order chi connectivity index (χ1) is 7.09. The number of hydrogen-bond acceptors (Lipinski definition) is 2. The first-order valence-corrected chi connectivity index (χ1v) is 5.26. The quantitative estimate of drug-likeness (QED) is 0.744. The Morgan fingerprint density at radius 3 is 2.80 bits per heavy atom. The van der Waals surface area contributed by atoms with Crippen LogP contribution in [0.5, 0.6) is 5.75 Å². The summed E-state index contributed by atoms with van der Waals surface area (Å²) in [5, 5.41) is 9.56. The topological polar surface area (TPSA) is 40.5 Å². The molecule has 1 aromatic rings. The van der Waals surface area contributed by atoms with Gasteiger partial charge in [-0.2, -0.15) is 0 Å². The maximum atomic E-state index is 11.6. The lowest BCUT2D eigenvalue weighted by molar-refractivity contribution is -0.117. The highest BCUT2D eigenvalue weighted by Gasteiger charge is 2.31. The van der Waals surface area contributed by atoms with Crippen LogP contribution >= 0.6 is 11.6 Å². The summed E-state index contributed by atoms with van der Waals surface area (Å²) in [5.74, 6) is 0.105. The Labute approximate surface area is 93.3 Å². The smallest absolute Gasteiger partial charge is 0.228 e. The Hall–Kier alpha value is -1.22. The molecule has 0 bridgehead atoms. The van der Waals surface area contributed by atoms with E-state index in [1.165, 1.54) is 0 Å². The van der Waals surface area contributed by atoms with Crippen LogP contribution in [0.15, 0.2) is 18.2 Å². The van der Waals surface area contributed by atoms with Crippen molar-refractivity contribution < 1.29 is 9.90 Å². The number of hydrogen-bond donors (Lipinski definition) is 1. The molecule has 1 aliphatic rings. The van der Waals surface area contributed by atoms with Crippen molar-refractivity contribution in [1.29, 1.82) is 0 Å². The molecule has 0 radical (unpaired) electrons. The minimum Gasteiger partial charge on any atom is -0.506 e. The zero-order valence-corrected chi connectivity index (χ0v) is 9.16. The van der Waals surface area contributed by atoms with Crippen LogP contribution in [0, 0.1) is 6.92 Å². The van der Waals surface area contributed by atoms with Gasteiger partial charge in [0.2, 0.25) is 5.91 Å². The molecule has 1 N–H and O–H groups in total. The predicted octanol–water partition coefficient (Wildman–Crippen LogP) is 2.04. The third kappa shape index (κ3) is 1.79. The molecular weight excluding hydrogens is 214 g/mol. The number of benzene rings is 1. The summed E-state index contributed by atoms with van der Waals surface area (Å²) in [6.45, 7) is 2.34. The lowest BCUT2D eigenvalue weighted by Crippen LogP contribution is -2.25. The molecule has 80 valence electrons. The van der Waals surface area contributed by atoms with Crippen LogP contribution in [0.1, 0.15) is 12.0 Å². The van der Waals surface area contributed by atoms with E-state index in [4.69, 9.17) is 11.6 Å². The van der Waals surface area contributed by atoms with Gasteiger partial charge in [0, 0.05) is 13.0 Å². The molecule has 1 unspecified atom stereocenters. The molecule has 0 aliphatic carbocycles. The minimum absolute atomic E-state index is 0.0281. The van der Waals surface area contributed by atoms with Gasteiger partial charge in [-0.3, -0.25) is 4.79 Å². The normalized spacial score (nSPS) is 21.1. The average molecular weight is 226 g/mol. The Kier molecular flexibility index (Phi) is 2.57. The summed E-state index contributed by atoms with van der Waals surface area (Å²) >= 11 is 5.91. The van der Waals surface area contributed by atoms with Gasteiger partial charge < -0.3 is 10.0 Å². The van der Waals surface area contributed by atoms with E-state index in [9.17, 15) is 9.90 Å². The molecule has 1 atom stereocenters. The highest BCUT2D eigenvalue weighted by molar-refractivity contribution is 6.24. The molecule has 0 saturated carbocycles. The zero-order valence-electron chi connectivity index (χ0n) is 8.40. The van der Waals surface area contributed by atoms with Gasteiger partial charge in [-0.1, -0.05) is 12.1 Å². The number of amides is 1. The SMILES string of the molecule is Cc1cccc(O)c1N1CC(Cl)CC1=O. The van der Waals surface area contributed by atoms with Crippen molar-refractivity contribution >= 4 is 23.2 Å². The number of halogens is 1. The fraction of sp³-hybridized carbons (Fsp3) is 0.364. The van der Waals surface area contributed by atoms with E-state index >= 15 is 0 Å². The number of carbonyl (C=O) groups excluding carboxylic acids is 1. The van der Waals surface area contributed by atoms with E-state index in [2.05, 4.69) is 0 Å². The van der Waals surface area contributed by atoms with Gasteiger partial charge in [0.15, 0.2) is 0 Å². The van der Waals surface area contributed by atoms with E-state index in [0.29, 0.717) is 18.7 Å². The van der Waals surface area contributed by atoms with Crippen LogP contribution < -0.4 is 4.90 Å². The van der Waals surface area contributed by atoms with Crippen molar-refractivity contribution in [2.24, 2.45) is 0 Å². The Balaban J connectivity index is 2.41. The second-order valence-electron chi connectivity index (χ2n) is 3.75. The number of anilines is 1. The third-order valence-corrected chi connectivity index (χ3v) is 2.86. The van der Waals surface area contributed by atoms with Crippen molar-refractivity contribution in [2.75, 3.05) is 11.4 Å². The van der Waals surface area contributed by atoms with E-state index in [1.54, 1.807) is 17.0 Å². The monoisotopic (exact) mass is 225 g/mol. The molecule has 1 fully saturated rings. The van der Waals surface area contributed by atoms with Gasteiger partial charge in [-0.05, 0) is 18.6 Å². The largest absolute Gasteiger partial charge is 0.506 e. The number of phenols is 1. The highest BCUT2D eigenvalue weighted by Crippen LogP contribution is 2.34. The standard InChI is InChI=1S/C11H12ClNO2/c1-7-3-2-4-9(14)11(7)13-6-8(12)5-10(13)15/h2-4,8,14H,5-6H2,1H3. The summed E-state index contributed by atoms with van der Waals surface area (Å²) in [6.07, 6.45) is 0.343. The molecule has 3 nitrogen and oxygen atoms in total. The Morgan fingerprint density at radius 1 is 1.53 bits per heavy atom. The van der Waals surface area contributed by atoms with Gasteiger partial charge in [0.1, 0.15) is 5.75 Å². The van der Waals surface area contributed by atoms with Crippen molar-refractivity contribution in [3.63, 3.8) is 0 Å². The number of alkyl halides is 1. The molecule has 15 heavy (non-hydrogen) atoms. The van der Waals surface area contributed by atoms with Crippen molar-refractivity contribution in [1.82, 2.24) is 0 Å². The van der Waals surface area contributed by atoms with E-state index in [0.717, 1.165) is 5.56 Å². The van der Waals surface area contributed by atoms with Gasteiger partial charge in [0.05, 0.1) is 11.1 Å². The van der Waals surface area contributed by atoms with Crippen LogP contribution in [-0.4, -0.2) is 22.9 Å². The van der Waals surface area contributed by atoms with Gasteiger partial charge in [-0.25, -0.2) is 0 Å². The van der Waals surface area contributed by atoms with Crippen LogP contribution in [0.3, 0.4) is 0 Å². The number of aryl methyl sites for hydroxylation is 1. The van der Waals surface area contributed by atoms with E-state index in [1.807, 2.05) is 13.0 Å². The highest BCUT2D eigenvalue weighted by atomic mass is 35.5. The van der Waals surface area contributed by atoms with Crippen LogP contribution in [-0.2, 0) is 4.79 Å². The molecule has 1 aliphatic heterocycles. The lowest BCUT2D eigenvalue weighted by atomic mass is 10.1. The number of para-hydroxylation sites is 1. The van der Waals surface area contributed by atoms with Crippen LogP contribution in [0.2, 0.25) is 0 Å². The summed E-state index contributed by atoms with van der Waals surface area (Å²) < 4.78 is 0. The van der Waals surface area contributed by atoms with Crippen LogP contribution in [0.4, 0.5) is 5.69 Å². The molecule has 1 heterocycles. The minimum atomic E-state index is -0.156. The molecule has 2 rings (SSSR count). The number of phenolic OH excluding ortho intramolecular Hbond substituents is 1. The Bertz CT molecular complexity index is 385. The third-order valence-electron chi connectivity index (χ3n) is 2.56. The second kappa shape index (κ2) is 3.74. The fourth-order valence-corrected chi connectivity index (χ4v) is 2.14. The zero-order chi connectivity index (χ0) is 11.0. The average Bonchev–Trinajstić information content (AvgIpc) is 2.45. The number of carbonyl (C=O) groups is 1. The summed E-state index contributed by atoms with van der Waals surface area (Å²) in [6, 6.07) is 5.20. The van der Waals surface area contributed by atoms with Crippen LogP contribution in [0.25, 0.3) is 0 Å². The van der Waals surface area contributed by atoms with Crippen molar-refractivity contribution in [2.45, 2.75) is 18.7 Å². The number of nitrogens with zero attached hydrogens (tertiary/aromatic N) is 1. The molecule has 1 amide bonds. The maximum Gasteiger partial charge on any atom is 0.228 e.